The number of rotatable bonds is 4. The maximum Gasteiger partial charge on any atom is 0.163 e. The van der Waals surface area contributed by atoms with Gasteiger partial charge in [-0.2, -0.15) is 5.10 Å². The van der Waals surface area contributed by atoms with Crippen LogP contribution in [0.3, 0.4) is 0 Å². The number of aromatic nitrogens is 4. The van der Waals surface area contributed by atoms with E-state index >= 15 is 0 Å². The highest BCUT2D eigenvalue weighted by Crippen LogP contribution is 2.26. The molecule has 2 rings (SSSR count). The lowest BCUT2D eigenvalue weighted by atomic mass is 10.2. The van der Waals surface area contributed by atoms with Gasteiger partial charge in [0, 0.05) is 18.9 Å². The van der Waals surface area contributed by atoms with Gasteiger partial charge in [0.1, 0.15) is 0 Å². The molecule has 0 saturated heterocycles. The van der Waals surface area contributed by atoms with Gasteiger partial charge in [0.05, 0.1) is 16.4 Å². The van der Waals surface area contributed by atoms with Crippen LogP contribution in [-0.2, 0) is 6.54 Å². The van der Waals surface area contributed by atoms with Crippen LogP contribution < -0.4 is 0 Å². The van der Waals surface area contributed by atoms with Gasteiger partial charge in [-0.05, 0) is 34.8 Å². The molecule has 2 aromatic rings. The van der Waals surface area contributed by atoms with Gasteiger partial charge in [-0.15, -0.1) is 0 Å². The molecular formula is C12H15BrN4O. The lowest BCUT2D eigenvalue weighted by Gasteiger charge is -2.12. The summed E-state index contributed by atoms with van der Waals surface area (Å²) in [5, 5.41) is 14.6. The third kappa shape index (κ3) is 2.59. The van der Waals surface area contributed by atoms with E-state index in [2.05, 4.69) is 37.9 Å². The van der Waals surface area contributed by atoms with Crippen LogP contribution in [0.15, 0.2) is 23.1 Å². The van der Waals surface area contributed by atoms with E-state index in [1.54, 1.807) is 23.3 Å². The Bertz CT molecular complexity index is 523. The van der Waals surface area contributed by atoms with Crippen molar-refractivity contribution in [2.75, 3.05) is 0 Å². The molecule has 0 saturated carbocycles. The zero-order chi connectivity index (χ0) is 13.1. The Morgan fingerprint density at radius 3 is 2.61 bits per heavy atom. The third-order valence-electron chi connectivity index (χ3n) is 2.57. The summed E-state index contributed by atoms with van der Waals surface area (Å²) in [6, 6.07) is 0. The highest BCUT2D eigenvalue weighted by molar-refractivity contribution is 9.10. The molecule has 1 unspecified atom stereocenters. The first-order valence-electron chi connectivity index (χ1n) is 5.81. The third-order valence-corrected chi connectivity index (χ3v) is 3.18. The summed E-state index contributed by atoms with van der Waals surface area (Å²) < 4.78 is 2.55. The molecule has 0 aliphatic carbocycles. The quantitative estimate of drug-likeness (QED) is 0.940. The molecule has 0 spiro atoms. The van der Waals surface area contributed by atoms with Crippen molar-refractivity contribution in [2.45, 2.75) is 32.9 Å². The monoisotopic (exact) mass is 310 g/mol. The van der Waals surface area contributed by atoms with E-state index in [-0.39, 0.29) is 0 Å². The van der Waals surface area contributed by atoms with Gasteiger partial charge >= 0.3 is 0 Å². The van der Waals surface area contributed by atoms with Crippen molar-refractivity contribution in [3.8, 4) is 0 Å². The van der Waals surface area contributed by atoms with E-state index < -0.39 is 6.10 Å². The second-order valence-electron chi connectivity index (χ2n) is 4.12. The minimum atomic E-state index is -0.867. The smallest absolute Gasteiger partial charge is 0.163 e. The first-order valence-corrected chi connectivity index (χ1v) is 6.60. The molecule has 96 valence electrons. The fourth-order valence-corrected chi connectivity index (χ4v) is 2.21. The van der Waals surface area contributed by atoms with Gasteiger partial charge in [0.2, 0.25) is 0 Å². The molecule has 0 amide bonds. The van der Waals surface area contributed by atoms with Crippen LogP contribution in [0, 0.1) is 6.92 Å². The first-order chi connectivity index (χ1) is 8.63. The Balaban J connectivity index is 2.35. The summed E-state index contributed by atoms with van der Waals surface area (Å²) in [6.45, 7) is 4.73. The number of nitrogens with zero attached hydrogens (tertiary/aromatic N) is 4. The number of hydrogen-bond donors (Lipinski definition) is 1. The van der Waals surface area contributed by atoms with Crippen molar-refractivity contribution in [3.63, 3.8) is 0 Å². The molecule has 0 aliphatic heterocycles. The Kier molecular flexibility index (Phi) is 4.08. The van der Waals surface area contributed by atoms with Crippen LogP contribution in [0.25, 0.3) is 0 Å². The summed E-state index contributed by atoms with van der Waals surface area (Å²) in [6.07, 6.45) is 5.15. The van der Waals surface area contributed by atoms with Crippen molar-refractivity contribution in [1.82, 2.24) is 19.7 Å². The molecule has 2 heterocycles. The predicted octanol–water partition coefficient (Wildman–Crippen LogP) is 2.24. The molecule has 18 heavy (non-hydrogen) atoms. The average molecular weight is 311 g/mol. The average Bonchev–Trinajstić information content (AvgIpc) is 2.71. The van der Waals surface area contributed by atoms with E-state index in [1.165, 1.54) is 0 Å². The number of aliphatic hydroxyl groups is 1. The van der Waals surface area contributed by atoms with Crippen molar-refractivity contribution >= 4 is 15.9 Å². The summed E-state index contributed by atoms with van der Waals surface area (Å²) in [5.41, 5.74) is 1.66. The van der Waals surface area contributed by atoms with Gasteiger partial charge in [0.25, 0.3) is 0 Å². The summed E-state index contributed by atoms with van der Waals surface area (Å²) in [5.74, 6) is 0.388. The molecule has 1 atom stereocenters. The van der Waals surface area contributed by atoms with Crippen LogP contribution >= 0.6 is 15.9 Å². The Morgan fingerprint density at radius 1 is 1.33 bits per heavy atom. The predicted molar refractivity (Wildman–Crippen MR) is 71.0 cm³/mol. The molecule has 0 bridgehead atoms. The summed E-state index contributed by atoms with van der Waals surface area (Å²) in [4.78, 5) is 8.31. The lowest BCUT2D eigenvalue weighted by molar-refractivity contribution is 0.196. The van der Waals surface area contributed by atoms with E-state index in [9.17, 15) is 5.11 Å². The van der Waals surface area contributed by atoms with Crippen LogP contribution in [0.2, 0.25) is 0 Å². The maximum absolute atomic E-state index is 10.3. The van der Waals surface area contributed by atoms with Crippen molar-refractivity contribution in [2.24, 2.45) is 0 Å². The minimum Gasteiger partial charge on any atom is -0.379 e. The maximum atomic E-state index is 10.3. The topological polar surface area (TPSA) is 63.8 Å². The Labute approximate surface area is 114 Å². The Hall–Kier alpha value is -1.27. The minimum absolute atomic E-state index is 0.388. The van der Waals surface area contributed by atoms with Crippen molar-refractivity contribution < 1.29 is 5.11 Å². The van der Waals surface area contributed by atoms with Gasteiger partial charge in [0.15, 0.2) is 11.9 Å². The van der Waals surface area contributed by atoms with Gasteiger partial charge < -0.3 is 5.11 Å². The SMILES string of the molecule is CCCn1ncc(Br)c1C(O)c1ncc(C)cn1. The van der Waals surface area contributed by atoms with Crippen LogP contribution in [-0.4, -0.2) is 24.9 Å². The lowest BCUT2D eigenvalue weighted by Crippen LogP contribution is -2.13. The van der Waals surface area contributed by atoms with E-state index in [0.717, 1.165) is 23.0 Å². The first kappa shape index (κ1) is 13.2. The zero-order valence-corrected chi connectivity index (χ0v) is 11.9. The summed E-state index contributed by atoms with van der Waals surface area (Å²) >= 11 is 3.40. The fourth-order valence-electron chi connectivity index (χ4n) is 1.70. The fraction of sp³-hybridized carbons (Fsp3) is 0.417. The van der Waals surface area contributed by atoms with Crippen molar-refractivity contribution in [3.05, 3.63) is 40.1 Å². The van der Waals surface area contributed by atoms with Gasteiger partial charge in [-0.25, -0.2) is 9.97 Å². The van der Waals surface area contributed by atoms with Crippen molar-refractivity contribution in [1.29, 1.82) is 0 Å². The zero-order valence-electron chi connectivity index (χ0n) is 10.3. The molecule has 1 N–H and O–H groups in total. The molecule has 0 radical (unpaired) electrons. The molecule has 0 fully saturated rings. The number of aliphatic hydroxyl groups excluding tert-OH is 1. The highest BCUT2D eigenvalue weighted by Gasteiger charge is 2.21. The second-order valence-corrected chi connectivity index (χ2v) is 4.98. The van der Waals surface area contributed by atoms with E-state index in [1.807, 2.05) is 6.92 Å². The second kappa shape index (κ2) is 5.58. The van der Waals surface area contributed by atoms with Gasteiger partial charge in [-0.1, -0.05) is 6.92 Å². The van der Waals surface area contributed by atoms with Crippen LogP contribution in [0.4, 0.5) is 0 Å². The summed E-state index contributed by atoms with van der Waals surface area (Å²) in [7, 11) is 0. The van der Waals surface area contributed by atoms with E-state index in [0.29, 0.717) is 11.5 Å². The standard InChI is InChI=1S/C12H15BrN4O/c1-3-4-17-10(9(13)7-16-17)11(18)12-14-5-8(2)6-15-12/h5-7,11,18H,3-4H2,1-2H3. The molecule has 0 aliphatic rings. The molecule has 2 aromatic heterocycles. The number of aryl methyl sites for hydroxylation is 2. The molecule has 5 nitrogen and oxygen atoms in total. The number of halogens is 1. The molecular weight excluding hydrogens is 296 g/mol. The number of hydrogen-bond acceptors (Lipinski definition) is 4. The molecule has 6 heteroatoms. The van der Waals surface area contributed by atoms with Crippen LogP contribution in [0.1, 0.15) is 36.5 Å². The largest absolute Gasteiger partial charge is 0.379 e. The highest BCUT2D eigenvalue weighted by atomic mass is 79.9. The molecule has 0 aromatic carbocycles. The van der Waals surface area contributed by atoms with E-state index in [4.69, 9.17) is 0 Å². The normalized spacial score (nSPS) is 12.7. The Morgan fingerprint density at radius 2 is 2.00 bits per heavy atom. The van der Waals surface area contributed by atoms with Gasteiger partial charge in [-0.3, -0.25) is 4.68 Å². The van der Waals surface area contributed by atoms with Crippen LogP contribution in [0.5, 0.6) is 0 Å².